The number of aromatic nitrogens is 7. The van der Waals surface area contributed by atoms with E-state index in [0.29, 0.717) is 11.6 Å². The van der Waals surface area contributed by atoms with Crippen LogP contribution in [0.5, 0.6) is 5.88 Å². The van der Waals surface area contributed by atoms with E-state index >= 15 is 0 Å². The van der Waals surface area contributed by atoms with Crippen LogP contribution in [0.15, 0.2) is 46.8 Å². The normalized spacial score (nSPS) is 11.0. The van der Waals surface area contributed by atoms with Crippen LogP contribution >= 0.6 is 11.3 Å². The maximum atomic E-state index is 12.2. The van der Waals surface area contributed by atoms with Crippen LogP contribution in [0.2, 0.25) is 0 Å². The third kappa shape index (κ3) is 2.90. The lowest BCUT2D eigenvalue weighted by molar-refractivity contribution is 0.290. The fourth-order valence-electron chi connectivity index (χ4n) is 2.50. The molecule has 0 aliphatic heterocycles. The Kier molecular flexibility index (Phi) is 4.09. The van der Waals surface area contributed by atoms with Gasteiger partial charge in [-0.05, 0) is 29.0 Å². The first-order valence-electron chi connectivity index (χ1n) is 7.79. The zero-order valence-electron chi connectivity index (χ0n) is 14.1. The first kappa shape index (κ1) is 16.2. The second-order valence-corrected chi connectivity index (χ2v) is 6.44. The number of ether oxygens (including phenoxy) is 1. The standard InChI is InChI=1S/C16H15N7O2S/c1-11-4-3-5-13(23-16(24)21(2)19-20-23)12(11)10-25-14-6-8-22(18-14)15-17-7-9-26-15/h3-9H,10H2,1-2H3. The van der Waals surface area contributed by atoms with Gasteiger partial charge >= 0.3 is 5.69 Å². The summed E-state index contributed by atoms with van der Waals surface area (Å²) >= 11 is 1.49. The van der Waals surface area contributed by atoms with E-state index in [9.17, 15) is 4.79 Å². The van der Waals surface area contributed by atoms with Crippen molar-refractivity contribution in [1.29, 1.82) is 0 Å². The Bertz CT molecular complexity index is 1090. The summed E-state index contributed by atoms with van der Waals surface area (Å²) in [4.78, 5) is 16.4. The Morgan fingerprint density at radius 1 is 1.23 bits per heavy atom. The van der Waals surface area contributed by atoms with E-state index in [-0.39, 0.29) is 12.3 Å². The number of thiazole rings is 1. The second-order valence-electron chi connectivity index (χ2n) is 5.57. The molecule has 26 heavy (non-hydrogen) atoms. The summed E-state index contributed by atoms with van der Waals surface area (Å²) in [5.41, 5.74) is 2.16. The molecule has 10 heteroatoms. The first-order chi connectivity index (χ1) is 12.6. The van der Waals surface area contributed by atoms with Crippen LogP contribution in [0, 0.1) is 6.92 Å². The summed E-state index contributed by atoms with van der Waals surface area (Å²) in [6, 6.07) is 7.41. The molecule has 0 aliphatic carbocycles. The monoisotopic (exact) mass is 369 g/mol. The molecule has 0 spiro atoms. The van der Waals surface area contributed by atoms with Crippen LogP contribution in [-0.4, -0.2) is 34.6 Å². The first-order valence-corrected chi connectivity index (χ1v) is 8.67. The summed E-state index contributed by atoms with van der Waals surface area (Å²) in [6.07, 6.45) is 3.51. The molecule has 0 radical (unpaired) electrons. The highest BCUT2D eigenvalue weighted by Gasteiger charge is 2.14. The van der Waals surface area contributed by atoms with Gasteiger partial charge in [0.05, 0.1) is 5.69 Å². The predicted molar refractivity (Wildman–Crippen MR) is 94.9 cm³/mol. The molecule has 0 N–H and O–H groups in total. The van der Waals surface area contributed by atoms with Gasteiger partial charge in [0, 0.05) is 36.5 Å². The lowest BCUT2D eigenvalue weighted by atomic mass is 10.1. The van der Waals surface area contributed by atoms with Crippen molar-refractivity contribution in [3.8, 4) is 16.7 Å². The highest BCUT2D eigenvalue weighted by Crippen LogP contribution is 2.20. The van der Waals surface area contributed by atoms with E-state index in [0.717, 1.165) is 16.3 Å². The average Bonchev–Trinajstić information content (AvgIpc) is 3.37. The van der Waals surface area contributed by atoms with Crippen molar-refractivity contribution >= 4 is 11.3 Å². The predicted octanol–water partition coefficient (Wildman–Crippen LogP) is 1.50. The number of benzene rings is 1. The highest BCUT2D eigenvalue weighted by atomic mass is 32.1. The number of tetrazole rings is 1. The zero-order valence-corrected chi connectivity index (χ0v) is 14.9. The molecular formula is C16H15N7O2S. The van der Waals surface area contributed by atoms with Crippen molar-refractivity contribution < 1.29 is 4.74 Å². The third-order valence-corrected chi connectivity index (χ3v) is 4.64. The van der Waals surface area contributed by atoms with Crippen molar-refractivity contribution in [2.75, 3.05) is 0 Å². The van der Waals surface area contributed by atoms with Crippen LogP contribution in [0.4, 0.5) is 0 Å². The molecule has 1 aromatic carbocycles. The van der Waals surface area contributed by atoms with Gasteiger partial charge in [-0.2, -0.15) is 9.36 Å². The number of hydrogen-bond acceptors (Lipinski definition) is 7. The van der Waals surface area contributed by atoms with Crippen molar-refractivity contribution in [2.45, 2.75) is 13.5 Å². The Balaban J connectivity index is 1.61. The summed E-state index contributed by atoms with van der Waals surface area (Å²) < 4.78 is 9.94. The van der Waals surface area contributed by atoms with E-state index in [1.54, 1.807) is 30.2 Å². The molecule has 0 unspecified atom stereocenters. The number of rotatable bonds is 5. The molecular weight excluding hydrogens is 354 g/mol. The summed E-state index contributed by atoms with van der Waals surface area (Å²) in [5, 5.41) is 14.7. The van der Waals surface area contributed by atoms with E-state index in [1.165, 1.54) is 20.7 Å². The second kappa shape index (κ2) is 6.56. The molecule has 0 atom stereocenters. The molecule has 0 aliphatic rings. The summed E-state index contributed by atoms with van der Waals surface area (Å²) in [7, 11) is 1.56. The van der Waals surface area contributed by atoms with Crippen LogP contribution in [0.3, 0.4) is 0 Å². The Labute approximate surface area is 152 Å². The van der Waals surface area contributed by atoms with Gasteiger partial charge in [-0.15, -0.1) is 16.4 Å². The van der Waals surface area contributed by atoms with Crippen molar-refractivity contribution in [3.63, 3.8) is 0 Å². The molecule has 4 rings (SSSR count). The van der Waals surface area contributed by atoms with E-state index in [4.69, 9.17) is 4.74 Å². The van der Waals surface area contributed by atoms with Crippen LogP contribution < -0.4 is 10.4 Å². The molecule has 0 saturated heterocycles. The van der Waals surface area contributed by atoms with E-state index in [2.05, 4.69) is 20.5 Å². The Morgan fingerprint density at radius 2 is 2.12 bits per heavy atom. The number of aryl methyl sites for hydroxylation is 2. The van der Waals surface area contributed by atoms with Crippen LogP contribution in [-0.2, 0) is 13.7 Å². The highest BCUT2D eigenvalue weighted by molar-refractivity contribution is 7.12. The zero-order chi connectivity index (χ0) is 18.1. The Morgan fingerprint density at radius 3 is 2.85 bits per heavy atom. The fraction of sp³-hybridized carbons (Fsp3) is 0.188. The van der Waals surface area contributed by atoms with Gasteiger partial charge in [-0.1, -0.05) is 12.1 Å². The molecule has 0 amide bonds. The average molecular weight is 369 g/mol. The van der Waals surface area contributed by atoms with Gasteiger partial charge < -0.3 is 4.74 Å². The SMILES string of the molecule is Cc1cccc(-n2nnn(C)c2=O)c1COc1ccn(-c2nccs2)n1. The molecule has 9 nitrogen and oxygen atoms in total. The Hall–Kier alpha value is -3.27. The minimum atomic E-state index is -0.315. The molecule has 132 valence electrons. The topological polar surface area (TPSA) is 92.7 Å². The lowest BCUT2D eigenvalue weighted by Crippen LogP contribution is -2.23. The quantitative estimate of drug-likeness (QED) is 0.529. The minimum Gasteiger partial charge on any atom is -0.472 e. The summed E-state index contributed by atoms with van der Waals surface area (Å²) in [5.74, 6) is 0.473. The van der Waals surface area contributed by atoms with Crippen LogP contribution in [0.1, 0.15) is 11.1 Å². The van der Waals surface area contributed by atoms with E-state index in [1.807, 2.05) is 30.5 Å². The van der Waals surface area contributed by atoms with Gasteiger partial charge in [-0.25, -0.2) is 14.5 Å². The summed E-state index contributed by atoms with van der Waals surface area (Å²) in [6.45, 7) is 2.21. The molecule has 0 fully saturated rings. The maximum absolute atomic E-state index is 12.2. The van der Waals surface area contributed by atoms with Gasteiger partial charge in [0.25, 0.3) is 0 Å². The van der Waals surface area contributed by atoms with Crippen molar-refractivity contribution in [3.05, 3.63) is 63.7 Å². The van der Waals surface area contributed by atoms with Crippen molar-refractivity contribution in [1.82, 2.24) is 34.6 Å². The van der Waals surface area contributed by atoms with Crippen molar-refractivity contribution in [2.24, 2.45) is 7.05 Å². The smallest absolute Gasteiger partial charge is 0.368 e. The third-order valence-electron chi connectivity index (χ3n) is 3.88. The lowest BCUT2D eigenvalue weighted by Gasteiger charge is -2.11. The number of nitrogens with zero attached hydrogens (tertiary/aromatic N) is 7. The molecule has 4 aromatic rings. The molecule has 3 aromatic heterocycles. The van der Waals surface area contributed by atoms with Gasteiger partial charge in [-0.3, -0.25) is 0 Å². The van der Waals surface area contributed by atoms with E-state index < -0.39 is 0 Å². The van der Waals surface area contributed by atoms with Gasteiger partial charge in [0.2, 0.25) is 11.0 Å². The molecule has 3 heterocycles. The van der Waals surface area contributed by atoms with Gasteiger partial charge in [0.15, 0.2) is 0 Å². The minimum absolute atomic E-state index is 0.250. The molecule has 0 bridgehead atoms. The van der Waals surface area contributed by atoms with Gasteiger partial charge in [0.1, 0.15) is 6.61 Å². The fourth-order valence-corrected chi connectivity index (χ4v) is 3.08. The largest absolute Gasteiger partial charge is 0.472 e. The maximum Gasteiger partial charge on any atom is 0.368 e. The molecule has 0 saturated carbocycles. The number of hydrogen-bond donors (Lipinski definition) is 0. The van der Waals surface area contributed by atoms with Crippen LogP contribution in [0.25, 0.3) is 10.8 Å².